The highest BCUT2D eigenvalue weighted by molar-refractivity contribution is 6.38. The maximum Gasteiger partial charge on any atom is 0.196 e. The summed E-state index contributed by atoms with van der Waals surface area (Å²) in [6.07, 6.45) is 0. The number of nitrogens with zero attached hydrogens (tertiary/aromatic N) is 1. The standard InChI is InChI=1S/C14H12BNO/c1-16-11-7-3-2-5-9(11)14(17)13-10(15)6-4-8-12(13)16/h2-8H,15H2,1H3. The molecule has 0 aliphatic heterocycles. The first kappa shape index (κ1) is 10.1. The molecule has 0 atom stereocenters. The Hall–Kier alpha value is -2.03. The Morgan fingerprint density at radius 2 is 1.71 bits per heavy atom. The molecule has 3 heteroatoms. The maximum atomic E-state index is 12.4. The third kappa shape index (κ3) is 1.32. The van der Waals surface area contributed by atoms with Crippen molar-refractivity contribution in [1.82, 2.24) is 4.57 Å². The van der Waals surface area contributed by atoms with Crippen LogP contribution >= 0.6 is 0 Å². The molecule has 0 amide bonds. The van der Waals surface area contributed by atoms with Crippen LogP contribution in [0.1, 0.15) is 0 Å². The number of benzene rings is 2. The Bertz CT molecular complexity index is 789. The van der Waals surface area contributed by atoms with E-state index in [1.54, 1.807) is 0 Å². The van der Waals surface area contributed by atoms with Gasteiger partial charge in [0.2, 0.25) is 0 Å². The normalized spacial score (nSPS) is 11.1. The van der Waals surface area contributed by atoms with Crippen molar-refractivity contribution in [1.29, 1.82) is 0 Å². The minimum Gasteiger partial charge on any atom is -0.343 e. The molecule has 82 valence electrons. The fourth-order valence-corrected chi connectivity index (χ4v) is 2.45. The van der Waals surface area contributed by atoms with E-state index in [-0.39, 0.29) is 5.43 Å². The molecule has 1 aromatic heterocycles. The van der Waals surface area contributed by atoms with E-state index in [4.69, 9.17) is 0 Å². The van der Waals surface area contributed by atoms with E-state index in [2.05, 4.69) is 4.57 Å². The van der Waals surface area contributed by atoms with Gasteiger partial charge in [-0.1, -0.05) is 29.7 Å². The molecule has 2 aromatic carbocycles. The molecule has 0 aliphatic carbocycles. The van der Waals surface area contributed by atoms with E-state index in [9.17, 15) is 4.79 Å². The number of fused-ring (bicyclic) bond motifs is 2. The first-order valence-corrected chi connectivity index (χ1v) is 5.67. The lowest BCUT2D eigenvalue weighted by Gasteiger charge is -2.11. The predicted molar refractivity (Wildman–Crippen MR) is 74.9 cm³/mol. The summed E-state index contributed by atoms with van der Waals surface area (Å²) >= 11 is 0. The van der Waals surface area contributed by atoms with Gasteiger partial charge in [-0.05, 0) is 18.2 Å². The summed E-state index contributed by atoms with van der Waals surface area (Å²) in [5, 5.41) is 1.62. The summed E-state index contributed by atoms with van der Waals surface area (Å²) in [7, 11) is 3.99. The number of para-hydroxylation sites is 1. The van der Waals surface area contributed by atoms with E-state index in [0.717, 1.165) is 27.3 Å². The van der Waals surface area contributed by atoms with Crippen molar-refractivity contribution < 1.29 is 0 Å². The highest BCUT2D eigenvalue weighted by atomic mass is 16.1. The molecule has 0 saturated carbocycles. The quantitative estimate of drug-likeness (QED) is 0.409. The maximum absolute atomic E-state index is 12.4. The minimum atomic E-state index is 0.131. The Balaban J connectivity index is 2.74. The molecule has 1 heterocycles. The Labute approximate surface area is 99.9 Å². The molecular formula is C14H12BNO. The molecule has 0 fully saturated rings. The third-order valence-corrected chi connectivity index (χ3v) is 3.35. The van der Waals surface area contributed by atoms with Gasteiger partial charge < -0.3 is 4.57 Å². The van der Waals surface area contributed by atoms with Gasteiger partial charge in [-0.2, -0.15) is 0 Å². The second kappa shape index (κ2) is 3.49. The van der Waals surface area contributed by atoms with E-state index >= 15 is 0 Å². The van der Waals surface area contributed by atoms with Crippen LogP contribution in [0.3, 0.4) is 0 Å². The van der Waals surface area contributed by atoms with Crippen LogP contribution in [0, 0.1) is 0 Å². The van der Waals surface area contributed by atoms with Crippen LogP contribution in [-0.4, -0.2) is 12.4 Å². The second-order valence-electron chi connectivity index (χ2n) is 4.37. The summed E-state index contributed by atoms with van der Waals surface area (Å²) in [4.78, 5) is 12.4. The lowest BCUT2D eigenvalue weighted by atomic mass is 9.90. The predicted octanol–water partition coefficient (Wildman–Crippen LogP) is 0.950. The van der Waals surface area contributed by atoms with Gasteiger partial charge in [-0.25, -0.2) is 0 Å². The van der Waals surface area contributed by atoms with Crippen LogP contribution in [0.25, 0.3) is 21.8 Å². The first-order chi connectivity index (χ1) is 8.20. The first-order valence-electron chi connectivity index (χ1n) is 5.67. The summed E-state index contributed by atoms with van der Waals surface area (Å²) in [6, 6.07) is 13.7. The van der Waals surface area contributed by atoms with Gasteiger partial charge >= 0.3 is 0 Å². The van der Waals surface area contributed by atoms with Gasteiger partial charge in [0.15, 0.2) is 5.43 Å². The monoisotopic (exact) mass is 221 g/mol. The molecule has 0 saturated heterocycles. The lowest BCUT2D eigenvalue weighted by molar-refractivity contribution is 1.00. The topological polar surface area (TPSA) is 22.0 Å². The number of aromatic nitrogens is 1. The average molecular weight is 221 g/mol. The van der Waals surface area contributed by atoms with Crippen LogP contribution in [0.2, 0.25) is 0 Å². The van der Waals surface area contributed by atoms with Gasteiger partial charge in [-0.15, -0.1) is 0 Å². The number of hydrogen-bond donors (Lipinski definition) is 0. The zero-order valence-electron chi connectivity index (χ0n) is 9.90. The van der Waals surface area contributed by atoms with Crippen molar-refractivity contribution in [2.24, 2.45) is 7.05 Å². The molecule has 3 rings (SSSR count). The van der Waals surface area contributed by atoms with Gasteiger partial charge in [0.05, 0.1) is 11.0 Å². The zero-order valence-corrected chi connectivity index (χ0v) is 9.90. The second-order valence-corrected chi connectivity index (χ2v) is 4.37. The largest absolute Gasteiger partial charge is 0.343 e. The SMILES string of the molecule is Bc1cccc2c1c(=O)c1ccccc1n2C. The highest BCUT2D eigenvalue weighted by Gasteiger charge is 2.08. The Kier molecular flexibility index (Phi) is 2.08. The molecule has 0 spiro atoms. The molecule has 0 unspecified atom stereocenters. The molecule has 3 aromatic rings. The summed E-state index contributed by atoms with van der Waals surface area (Å²) < 4.78 is 2.08. The van der Waals surface area contributed by atoms with Crippen LogP contribution in [0.4, 0.5) is 0 Å². The van der Waals surface area contributed by atoms with Crippen molar-refractivity contribution in [3.8, 4) is 0 Å². The molecule has 0 bridgehead atoms. The van der Waals surface area contributed by atoms with Crippen LogP contribution < -0.4 is 10.9 Å². The zero-order chi connectivity index (χ0) is 12.0. The van der Waals surface area contributed by atoms with Crippen molar-refractivity contribution in [3.05, 3.63) is 52.7 Å². The van der Waals surface area contributed by atoms with Gasteiger partial charge in [-0.3, -0.25) is 4.79 Å². The third-order valence-electron chi connectivity index (χ3n) is 3.35. The fourth-order valence-electron chi connectivity index (χ4n) is 2.45. The number of pyridine rings is 1. The van der Waals surface area contributed by atoms with E-state index in [1.165, 1.54) is 0 Å². The molecule has 0 aliphatic rings. The Morgan fingerprint density at radius 3 is 2.53 bits per heavy atom. The molecule has 0 N–H and O–H groups in total. The van der Waals surface area contributed by atoms with Crippen molar-refractivity contribution >= 4 is 35.1 Å². The smallest absolute Gasteiger partial charge is 0.196 e. The Morgan fingerprint density at radius 1 is 1.00 bits per heavy atom. The lowest BCUT2D eigenvalue weighted by Crippen LogP contribution is -2.17. The van der Waals surface area contributed by atoms with Crippen molar-refractivity contribution in [2.45, 2.75) is 0 Å². The van der Waals surface area contributed by atoms with Crippen LogP contribution in [0.15, 0.2) is 47.3 Å². The van der Waals surface area contributed by atoms with Crippen molar-refractivity contribution in [2.75, 3.05) is 0 Å². The summed E-state index contributed by atoms with van der Waals surface area (Å²) in [5.74, 6) is 0. The average Bonchev–Trinajstić information content (AvgIpc) is 2.36. The number of aryl methyl sites for hydroxylation is 1. The van der Waals surface area contributed by atoms with Gasteiger partial charge in [0.25, 0.3) is 0 Å². The summed E-state index contributed by atoms with van der Waals surface area (Å²) in [6.45, 7) is 0. The van der Waals surface area contributed by atoms with Crippen LogP contribution in [-0.2, 0) is 7.05 Å². The van der Waals surface area contributed by atoms with E-state index in [1.807, 2.05) is 57.4 Å². The van der Waals surface area contributed by atoms with Crippen LogP contribution in [0.5, 0.6) is 0 Å². The number of rotatable bonds is 0. The fraction of sp³-hybridized carbons (Fsp3) is 0.0714. The van der Waals surface area contributed by atoms with E-state index < -0.39 is 0 Å². The molecule has 17 heavy (non-hydrogen) atoms. The molecule has 2 nitrogen and oxygen atoms in total. The summed E-state index contributed by atoms with van der Waals surface area (Å²) in [5.41, 5.74) is 3.14. The minimum absolute atomic E-state index is 0.131. The number of hydrogen-bond acceptors (Lipinski definition) is 1. The van der Waals surface area contributed by atoms with E-state index in [0.29, 0.717) is 0 Å². The molecular weight excluding hydrogens is 209 g/mol. The highest BCUT2D eigenvalue weighted by Crippen LogP contribution is 2.15. The van der Waals surface area contributed by atoms with Gasteiger partial charge in [0, 0.05) is 17.8 Å². The van der Waals surface area contributed by atoms with Gasteiger partial charge in [0.1, 0.15) is 7.85 Å². The molecule has 0 radical (unpaired) electrons. The van der Waals surface area contributed by atoms with Crippen molar-refractivity contribution in [3.63, 3.8) is 0 Å².